The van der Waals surface area contributed by atoms with Gasteiger partial charge in [-0.15, -0.1) is 11.6 Å². The highest BCUT2D eigenvalue weighted by Crippen LogP contribution is 2.32. The third kappa shape index (κ3) is 2.98. The van der Waals surface area contributed by atoms with Crippen molar-refractivity contribution >= 4 is 28.5 Å². The molecule has 0 aliphatic heterocycles. The lowest BCUT2D eigenvalue weighted by Crippen LogP contribution is -2.23. The summed E-state index contributed by atoms with van der Waals surface area (Å²) in [6.45, 7) is 1.90. The number of hydrogen-bond donors (Lipinski definition) is 0. The summed E-state index contributed by atoms with van der Waals surface area (Å²) in [5, 5.41) is 0.889. The quantitative estimate of drug-likeness (QED) is 0.646. The average molecular weight is 207 g/mol. The molecule has 3 heteroatoms. The largest absolute Gasteiger partial charge is 0.287 e. The van der Waals surface area contributed by atoms with Gasteiger partial charge in [0.15, 0.2) is 5.12 Å². The van der Waals surface area contributed by atoms with Crippen LogP contribution in [-0.2, 0) is 4.79 Å². The van der Waals surface area contributed by atoms with E-state index < -0.39 is 0 Å². The summed E-state index contributed by atoms with van der Waals surface area (Å²) in [6.07, 6.45) is 5.29. The molecule has 0 aromatic heterocycles. The second-order valence-corrected chi connectivity index (χ2v) is 5.04. The molecular formula is C9H15ClOS. The van der Waals surface area contributed by atoms with Gasteiger partial charge in [0, 0.05) is 17.0 Å². The Morgan fingerprint density at radius 3 is 2.75 bits per heavy atom. The van der Waals surface area contributed by atoms with Crippen molar-refractivity contribution in [2.45, 2.75) is 49.7 Å². The van der Waals surface area contributed by atoms with Crippen molar-refractivity contribution in [3.05, 3.63) is 0 Å². The second kappa shape index (κ2) is 5.13. The van der Waals surface area contributed by atoms with Crippen LogP contribution in [-0.4, -0.2) is 15.7 Å². The van der Waals surface area contributed by atoms with E-state index >= 15 is 0 Å². The van der Waals surface area contributed by atoms with Crippen LogP contribution < -0.4 is 0 Å². The standard InChI is InChI=1S/C9H15ClOS/c1-2-9(11)12-8-6-4-3-5-7(8)10/h7-8H,2-6H2,1H3. The van der Waals surface area contributed by atoms with E-state index in [0.717, 1.165) is 12.8 Å². The number of carbonyl (C=O) groups excluding carboxylic acids is 1. The lowest BCUT2D eigenvalue weighted by atomic mass is 10.00. The van der Waals surface area contributed by atoms with Gasteiger partial charge in [-0.1, -0.05) is 31.5 Å². The molecular weight excluding hydrogens is 192 g/mol. The van der Waals surface area contributed by atoms with Gasteiger partial charge in [0.25, 0.3) is 0 Å². The Morgan fingerprint density at radius 2 is 2.17 bits per heavy atom. The molecule has 70 valence electrons. The van der Waals surface area contributed by atoms with Crippen molar-refractivity contribution in [3.8, 4) is 0 Å². The van der Waals surface area contributed by atoms with Crippen molar-refractivity contribution in [2.24, 2.45) is 0 Å². The van der Waals surface area contributed by atoms with Gasteiger partial charge >= 0.3 is 0 Å². The molecule has 0 aromatic rings. The first-order valence-corrected chi connectivity index (χ1v) is 5.89. The molecule has 1 aliphatic rings. The Hall–Kier alpha value is 0.310. The van der Waals surface area contributed by atoms with Gasteiger partial charge < -0.3 is 0 Å². The summed E-state index contributed by atoms with van der Waals surface area (Å²) >= 11 is 7.57. The maximum atomic E-state index is 11.1. The van der Waals surface area contributed by atoms with E-state index in [4.69, 9.17) is 11.6 Å². The Balaban J connectivity index is 2.33. The fraction of sp³-hybridized carbons (Fsp3) is 0.889. The summed E-state index contributed by atoms with van der Waals surface area (Å²) in [5.41, 5.74) is 0. The molecule has 0 spiro atoms. The smallest absolute Gasteiger partial charge is 0.188 e. The fourth-order valence-electron chi connectivity index (χ4n) is 1.44. The Labute approximate surface area is 83.2 Å². The molecule has 1 fully saturated rings. The highest BCUT2D eigenvalue weighted by Gasteiger charge is 2.25. The van der Waals surface area contributed by atoms with Crippen LogP contribution in [0.2, 0.25) is 0 Å². The van der Waals surface area contributed by atoms with Gasteiger partial charge in [0.2, 0.25) is 0 Å². The van der Waals surface area contributed by atoms with Crippen molar-refractivity contribution in [3.63, 3.8) is 0 Å². The normalized spacial score (nSPS) is 30.2. The van der Waals surface area contributed by atoms with Gasteiger partial charge in [0.05, 0.1) is 0 Å². The molecule has 12 heavy (non-hydrogen) atoms. The number of thioether (sulfide) groups is 1. The number of halogens is 1. The summed E-state index contributed by atoms with van der Waals surface area (Å²) in [4.78, 5) is 11.1. The van der Waals surface area contributed by atoms with E-state index in [1.807, 2.05) is 6.92 Å². The number of hydrogen-bond acceptors (Lipinski definition) is 2. The average Bonchev–Trinajstić information content (AvgIpc) is 2.09. The molecule has 1 nitrogen and oxygen atoms in total. The van der Waals surface area contributed by atoms with Crippen LogP contribution in [0.5, 0.6) is 0 Å². The molecule has 0 aromatic carbocycles. The molecule has 1 saturated carbocycles. The van der Waals surface area contributed by atoms with Crippen molar-refractivity contribution < 1.29 is 4.79 Å². The zero-order valence-corrected chi connectivity index (χ0v) is 8.96. The number of rotatable bonds is 2. The van der Waals surface area contributed by atoms with E-state index in [2.05, 4.69) is 0 Å². The monoisotopic (exact) mass is 206 g/mol. The van der Waals surface area contributed by atoms with Crippen LogP contribution in [0, 0.1) is 0 Å². The molecule has 1 aliphatic carbocycles. The van der Waals surface area contributed by atoms with Gasteiger partial charge in [-0.05, 0) is 12.8 Å². The predicted octanol–water partition coefficient (Wildman–Crippen LogP) is 3.21. The second-order valence-electron chi connectivity index (χ2n) is 3.18. The first-order chi connectivity index (χ1) is 5.74. The zero-order chi connectivity index (χ0) is 8.97. The van der Waals surface area contributed by atoms with Crippen LogP contribution in [0.1, 0.15) is 39.0 Å². The molecule has 1 rings (SSSR count). The van der Waals surface area contributed by atoms with Crippen LogP contribution in [0.4, 0.5) is 0 Å². The summed E-state index contributed by atoms with van der Waals surface area (Å²) < 4.78 is 0. The predicted molar refractivity (Wildman–Crippen MR) is 54.8 cm³/mol. The fourth-order valence-corrected chi connectivity index (χ4v) is 2.94. The van der Waals surface area contributed by atoms with Crippen molar-refractivity contribution in [2.75, 3.05) is 0 Å². The lowest BCUT2D eigenvalue weighted by molar-refractivity contribution is -0.110. The molecule has 2 unspecified atom stereocenters. The minimum atomic E-state index is 0.222. The van der Waals surface area contributed by atoms with E-state index in [9.17, 15) is 4.79 Å². The van der Waals surface area contributed by atoms with Crippen molar-refractivity contribution in [1.29, 1.82) is 0 Å². The molecule has 0 radical (unpaired) electrons. The molecule has 0 heterocycles. The van der Waals surface area contributed by atoms with Gasteiger partial charge in [-0.2, -0.15) is 0 Å². The van der Waals surface area contributed by atoms with Crippen LogP contribution in [0.25, 0.3) is 0 Å². The Bertz CT molecular complexity index is 161. The molecule has 0 saturated heterocycles. The highest BCUT2D eigenvalue weighted by atomic mass is 35.5. The van der Waals surface area contributed by atoms with Gasteiger partial charge in [0.1, 0.15) is 0 Å². The van der Waals surface area contributed by atoms with Crippen molar-refractivity contribution in [1.82, 2.24) is 0 Å². The van der Waals surface area contributed by atoms with E-state index in [-0.39, 0.29) is 10.5 Å². The first-order valence-electron chi connectivity index (χ1n) is 4.57. The summed E-state index contributed by atoms with van der Waals surface area (Å²) in [5.74, 6) is 0. The molecule has 0 amide bonds. The summed E-state index contributed by atoms with van der Waals surface area (Å²) in [7, 11) is 0. The maximum absolute atomic E-state index is 11.1. The van der Waals surface area contributed by atoms with Crippen LogP contribution in [0.15, 0.2) is 0 Å². The zero-order valence-electron chi connectivity index (χ0n) is 7.38. The summed E-state index contributed by atoms with van der Waals surface area (Å²) in [6, 6.07) is 0. The van der Waals surface area contributed by atoms with Gasteiger partial charge in [-0.3, -0.25) is 4.79 Å². The topological polar surface area (TPSA) is 17.1 Å². The lowest BCUT2D eigenvalue weighted by Gasteiger charge is -2.25. The van der Waals surface area contributed by atoms with E-state index in [1.54, 1.807) is 0 Å². The van der Waals surface area contributed by atoms with Crippen LogP contribution in [0.3, 0.4) is 0 Å². The minimum absolute atomic E-state index is 0.222. The Morgan fingerprint density at radius 1 is 1.50 bits per heavy atom. The molecule has 0 bridgehead atoms. The van der Waals surface area contributed by atoms with Gasteiger partial charge in [-0.25, -0.2) is 0 Å². The molecule has 2 atom stereocenters. The third-order valence-electron chi connectivity index (χ3n) is 2.19. The highest BCUT2D eigenvalue weighted by molar-refractivity contribution is 8.14. The third-order valence-corrected chi connectivity index (χ3v) is 4.28. The minimum Gasteiger partial charge on any atom is -0.287 e. The van der Waals surface area contributed by atoms with Crippen LogP contribution >= 0.6 is 23.4 Å². The SMILES string of the molecule is CCC(=O)SC1CCCCC1Cl. The number of alkyl halides is 1. The maximum Gasteiger partial charge on any atom is 0.188 e. The number of carbonyl (C=O) groups is 1. The van der Waals surface area contributed by atoms with E-state index in [1.165, 1.54) is 24.6 Å². The first kappa shape index (κ1) is 10.4. The van der Waals surface area contributed by atoms with E-state index in [0.29, 0.717) is 11.7 Å². The Kier molecular flexibility index (Phi) is 4.44. The molecule has 0 N–H and O–H groups in total.